The van der Waals surface area contributed by atoms with E-state index in [-0.39, 0.29) is 10.6 Å². The number of hydrogen-bond donors (Lipinski definition) is 2. The van der Waals surface area contributed by atoms with E-state index in [4.69, 9.17) is 0 Å². The molecule has 5 nitrogen and oxygen atoms in total. The Balaban J connectivity index is 2.03. The molecular weight excluding hydrogens is 420 g/mol. The number of hydrogen-bond acceptors (Lipinski definition) is 4. The van der Waals surface area contributed by atoms with Crippen molar-refractivity contribution in [3.8, 4) is 5.75 Å². The van der Waals surface area contributed by atoms with Gasteiger partial charge in [0.1, 0.15) is 5.75 Å². The summed E-state index contributed by atoms with van der Waals surface area (Å²) in [5, 5.41) is 14.6. The van der Waals surface area contributed by atoms with Gasteiger partial charge in [0.2, 0.25) is 0 Å². The van der Waals surface area contributed by atoms with Crippen LogP contribution >= 0.6 is 0 Å². The lowest BCUT2D eigenvalue weighted by Crippen LogP contribution is -2.21. The summed E-state index contributed by atoms with van der Waals surface area (Å²) < 4.78 is 25.3. The Bertz CT molecular complexity index is 967. The van der Waals surface area contributed by atoms with Crippen LogP contribution in [0.25, 0.3) is 0 Å². The predicted molar refractivity (Wildman–Crippen MR) is 133 cm³/mol. The predicted octanol–water partition coefficient (Wildman–Crippen LogP) is 6.61. The van der Waals surface area contributed by atoms with Gasteiger partial charge in [-0.05, 0) is 51.0 Å². The van der Waals surface area contributed by atoms with Gasteiger partial charge in [0.25, 0.3) is 10.0 Å². The number of unbranched alkanes of at least 4 members (excludes halogenated alkanes) is 8. The Morgan fingerprint density at radius 3 is 2.03 bits per heavy atom. The number of rotatable bonds is 14. The van der Waals surface area contributed by atoms with Crippen LogP contribution in [-0.2, 0) is 10.0 Å². The molecule has 0 bridgehead atoms. The highest BCUT2D eigenvalue weighted by Gasteiger charge is 2.15. The monoisotopic (exact) mass is 458 g/mol. The fraction of sp³-hybridized carbons (Fsp3) is 0.500. The molecule has 176 valence electrons. The van der Waals surface area contributed by atoms with Crippen molar-refractivity contribution in [1.29, 1.82) is 0 Å². The van der Waals surface area contributed by atoms with Crippen molar-refractivity contribution in [1.82, 2.24) is 4.83 Å². The zero-order valence-corrected chi connectivity index (χ0v) is 20.5. The van der Waals surface area contributed by atoms with Crippen LogP contribution in [0.4, 0.5) is 0 Å². The topological polar surface area (TPSA) is 78.8 Å². The molecule has 0 aliphatic carbocycles. The molecule has 0 amide bonds. The summed E-state index contributed by atoms with van der Waals surface area (Å²) in [7, 11) is -3.77. The highest BCUT2D eigenvalue weighted by atomic mass is 32.2. The minimum absolute atomic E-state index is 0.111. The number of phenols is 1. The molecule has 0 aliphatic heterocycles. The van der Waals surface area contributed by atoms with E-state index in [1.807, 2.05) is 26.0 Å². The van der Waals surface area contributed by atoms with Gasteiger partial charge < -0.3 is 5.11 Å². The molecule has 0 aromatic heterocycles. The van der Waals surface area contributed by atoms with E-state index in [0.29, 0.717) is 17.7 Å². The summed E-state index contributed by atoms with van der Waals surface area (Å²) in [5.74, 6) is 0.111. The first-order valence-electron chi connectivity index (χ1n) is 11.8. The molecule has 2 N–H and O–H groups in total. The van der Waals surface area contributed by atoms with Crippen LogP contribution in [0.2, 0.25) is 0 Å². The highest BCUT2D eigenvalue weighted by molar-refractivity contribution is 7.89. The van der Waals surface area contributed by atoms with Crippen LogP contribution in [0.15, 0.2) is 52.5 Å². The van der Waals surface area contributed by atoms with E-state index in [1.54, 1.807) is 30.3 Å². The van der Waals surface area contributed by atoms with Gasteiger partial charge >= 0.3 is 0 Å². The van der Waals surface area contributed by atoms with E-state index in [2.05, 4.69) is 16.9 Å². The third-order valence-electron chi connectivity index (χ3n) is 5.61. The van der Waals surface area contributed by atoms with E-state index in [1.165, 1.54) is 38.5 Å². The average Bonchev–Trinajstić information content (AvgIpc) is 2.77. The number of aromatic hydroxyl groups is 1. The van der Waals surface area contributed by atoms with Crippen LogP contribution in [0.3, 0.4) is 0 Å². The molecule has 2 aromatic carbocycles. The number of benzene rings is 2. The van der Waals surface area contributed by atoms with Crippen molar-refractivity contribution < 1.29 is 13.5 Å². The molecule has 0 saturated heterocycles. The molecular formula is C26H38N2O3S. The van der Waals surface area contributed by atoms with E-state index in [9.17, 15) is 13.5 Å². The molecule has 2 aromatic rings. The molecule has 0 unspecified atom stereocenters. The van der Waals surface area contributed by atoms with Gasteiger partial charge in [-0.2, -0.15) is 18.4 Å². The minimum Gasteiger partial charge on any atom is -0.507 e. The second-order valence-corrected chi connectivity index (χ2v) is 10.2. The number of nitrogens with one attached hydrogen (secondary N) is 1. The Labute approximate surface area is 194 Å². The van der Waals surface area contributed by atoms with Crippen LogP contribution in [0.5, 0.6) is 5.75 Å². The van der Waals surface area contributed by atoms with Gasteiger partial charge in [0.15, 0.2) is 0 Å². The fourth-order valence-corrected chi connectivity index (χ4v) is 4.45. The lowest BCUT2D eigenvalue weighted by Gasteiger charge is -2.11. The van der Waals surface area contributed by atoms with E-state index < -0.39 is 10.0 Å². The maximum absolute atomic E-state index is 12.7. The minimum atomic E-state index is -3.77. The van der Waals surface area contributed by atoms with Crippen molar-refractivity contribution in [3.63, 3.8) is 0 Å². The van der Waals surface area contributed by atoms with Crippen molar-refractivity contribution in [2.45, 2.75) is 89.9 Å². The summed E-state index contributed by atoms with van der Waals surface area (Å²) in [6.45, 7) is 6.08. The first-order chi connectivity index (χ1) is 15.3. The fourth-order valence-electron chi connectivity index (χ4n) is 3.62. The zero-order chi connectivity index (χ0) is 23.4. The highest BCUT2D eigenvalue weighted by Crippen LogP contribution is 2.22. The molecule has 0 radical (unpaired) electrons. The second-order valence-electron chi connectivity index (χ2n) is 8.57. The van der Waals surface area contributed by atoms with Crippen molar-refractivity contribution in [3.05, 3.63) is 59.2 Å². The van der Waals surface area contributed by atoms with Crippen molar-refractivity contribution in [2.75, 3.05) is 0 Å². The Morgan fingerprint density at radius 1 is 0.844 bits per heavy atom. The maximum atomic E-state index is 12.7. The summed E-state index contributed by atoms with van der Waals surface area (Å²) in [4.78, 5) is 2.54. The lowest BCUT2D eigenvalue weighted by atomic mass is 10.00. The quantitative estimate of drug-likeness (QED) is 0.190. The number of nitrogens with zero attached hydrogens (tertiary/aromatic N) is 1. The summed E-state index contributed by atoms with van der Waals surface area (Å²) in [6, 6.07) is 12.0. The number of phenolic OH excluding ortho intramolecular Hbond substituents is 1. The maximum Gasteiger partial charge on any atom is 0.276 e. The van der Waals surface area contributed by atoms with E-state index in [0.717, 1.165) is 30.4 Å². The SMILES string of the molecule is CCCCCCCCCCCC(=NNS(=O)(=O)c1ccc(C)cc1)c1cc(C)ccc1O. The second kappa shape index (κ2) is 13.3. The van der Waals surface area contributed by atoms with E-state index >= 15 is 0 Å². The largest absolute Gasteiger partial charge is 0.507 e. The molecule has 0 fully saturated rings. The van der Waals surface area contributed by atoms with Gasteiger partial charge in [-0.1, -0.05) is 87.6 Å². The Hall–Kier alpha value is -2.34. The Kier molecular flexibility index (Phi) is 10.7. The van der Waals surface area contributed by atoms with Crippen LogP contribution in [0.1, 0.15) is 87.8 Å². The van der Waals surface area contributed by atoms with Gasteiger partial charge in [0.05, 0.1) is 10.6 Å². The Morgan fingerprint density at radius 2 is 1.41 bits per heavy atom. The summed E-state index contributed by atoms with van der Waals surface area (Å²) in [5.41, 5.74) is 3.11. The molecule has 6 heteroatoms. The molecule has 0 saturated carbocycles. The first kappa shape index (κ1) is 25.9. The summed E-state index contributed by atoms with van der Waals surface area (Å²) in [6.07, 6.45) is 11.4. The standard InChI is InChI=1S/C26H38N2O3S/c1-4-5-6-7-8-9-10-11-12-13-25(24-20-22(3)16-19-26(24)29)27-28-32(30,31)23-17-14-21(2)15-18-23/h14-20,28-29H,4-13H2,1-3H3. The number of aryl methyl sites for hydroxylation is 2. The molecule has 0 spiro atoms. The van der Waals surface area contributed by atoms with Crippen LogP contribution < -0.4 is 4.83 Å². The molecule has 32 heavy (non-hydrogen) atoms. The number of sulfonamides is 1. The van der Waals surface area contributed by atoms with Gasteiger partial charge in [-0.15, -0.1) is 0 Å². The normalized spacial score (nSPS) is 12.2. The van der Waals surface area contributed by atoms with Crippen LogP contribution in [0, 0.1) is 13.8 Å². The zero-order valence-electron chi connectivity index (χ0n) is 19.7. The average molecular weight is 459 g/mol. The molecule has 0 heterocycles. The lowest BCUT2D eigenvalue weighted by molar-refractivity contribution is 0.473. The van der Waals surface area contributed by atoms with Crippen molar-refractivity contribution >= 4 is 15.7 Å². The van der Waals surface area contributed by atoms with Gasteiger partial charge in [-0.3, -0.25) is 0 Å². The van der Waals surface area contributed by atoms with Crippen LogP contribution in [-0.4, -0.2) is 19.2 Å². The molecule has 0 atom stereocenters. The smallest absolute Gasteiger partial charge is 0.276 e. The van der Waals surface area contributed by atoms with Gasteiger partial charge in [-0.25, -0.2) is 0 Å². The van der Waals surface area contributed by atoms with Crippen molar-refractivity contribution in [2.24, 2.45) is 5.10 Å². The number of hydrazone groups is 1. The summed E-state index contributed by atoms with van der Waals surface area (Å²) >= 11 is 0. The molecule has 2 rings (SSSR count). The third kappa shape index (κ3) is 8.65. The van der Waals surface area contributed by atoms with Gasteiger partial charge in [0, 0.05) is 5.56 Å². The third-order valence-corrected chi connectivity index (χ3v) is 6.84. The molecule has 0 aliphatic rings. The first-order valence-corrected chi connectivity index (χ1v) is 13.3.